The number of benzene rings is 1. The Bertz CT molecular complexity index is 515. The molecule has 120 valence electrons. The van der Waals surface area contributed by atoms with Crippen molar-refractivity contribution in [2.24, 2.45) is 0 Å². The van der Waals surface area contributed by atoms with Crippen LogP contribution >= 0.6 is 19.6 Å². The van der Waals surface area contributed by atoms with Crippen molar-refractivity contribution in [3.63, 3.8) is 0 Å². The SMILES string of the molecule is CCOP(=O)(O)Oc1ccccc1SCC(F)(F)C(F)F. The molecule has 0 spiro atoms. The van der Waals surface area contributed by atoms with Crippen molar-refractivity contribution in [2.45, 2.75) is 24.2 Å². The van der Waals surface area contributed by atoms with E-state index in [1.807, 2.05) is 0 Å². The smallest absolute Gasteiger partial charge is 0.403 e. The summed E-state index contributed by atoms with van der Waals surface area (Å²) in [6.45, 7) is 1.38. The Labute approximate surface area is 123 Å². The average Bonchev–Trinajstić information content (AvgIpc) is 2.37. The van der Waals surface area contributed by atoms with Gasteiger partial charge in [0.25, 0.3) is 0 Å². The fourth-order valence-corrected chi connectivity index (χ4v) is 2.94. The highest BCUT2D eigenvalue weighted by Crippen LogP contribution is 2.46. The highest BCUT2D eigenvalue weighted by Gasteiger charge is 2.40. The predicted octanol–water partition coefficient (Wildman–Crippen LogP) is 4.19. The van der Waals surface area contributed by atoms with Crippen LogP contribution < -0.4 is 4.52 Å². The summed E-state index contributed by atoms with van der Waals surface area (Å²) >= 11 is 0.398. The summed E-state index contributed by atoms with van der Waals surface area (Å²) in [6, 6.07) is 5.47. The lowest BCUT2D eigenvalue weighted by Gasteiger charge is -2.17. The first kappa shape index (κ1) is 18.3. The maximum atomic E-state index is 12.9. The predicted molar refractivity (Wildman–Crippen MR) is 70.2 cm³/mol. The van der Waals surface area contributed by atoms with E-state index in [4.69, 9.17) is 4.52 Å². The summed E-state index contributed by atoms with van der Waals surface area (Å²) < 4.78 is 70.6. The first-order valence-corrected chi connectivity index (χ1v) is 8.21. The normalized spacial score (nSPS) is 15.0. The molecular formula is C11H13F4O4PS. The molecule has 4 nitrogen and oxygen atoms in total. The lowest BCUT2D eigenvalue weighted by atomic mass is 10.3. The van der Waals surface area contributed by atoms with E-state index in [9.17, 15) is 27.0 Å². The molecule has 10 heteroatoms. The van der Waals surface area contributed by atoms with Crippen molar-refractivity contribution in [3.05, 3.63) is 24.3 Å². The lowest BCUT2D eigenvalue weighted by molar-refractivity contribution is -0.109. The van der Waals surface area contributed by atoms with Crippen LogP contribution in [-0.2, 0) is 9.09 Å². The van der Waals surface area contributed by atoms with Gasteiger partial charge in [-0.3, -0.25) is 9.42 Å². The topological polar surface area (TPSA) is 55.8 Å². The Morgan fingerprint density at radius 3 is 2.57 bits per heavy atom. The van der Waals surface area contributed by atoms with Gasteiger partial charge < -0.3 is 4.52 Å². The second-order valence-electron chi connectivity index (χ2n) is 3.77. The van der Waals surface area contributed by atoms with Crippen LogP contribution in [0.5, 0.6) is 5.75 Å². The molecule has 0 fully saturated rings. The Morgan fingerprint density at radius 1 is 1.38 bits per heavy atom. The molecule has 1 aromatic rings. The molecule has 1 atom stereocenters. The van der Waals surface area contributed by atoms with Gasteiger partial charge in [-0.05, 0) is 19.1 Å². The summed E-state index contributed by atoms with van der Waals surface area (Å²) in [5.41, 5.74) is 0. The van der Waals surface area contributed by atoms with Crippen LogP contribution in [0.3, 0.4) is 0 Å². The molecule has 1 N–H and O–H groups in total. The van der Waals surface area contributed by atoms with Crippen LogP contribution in [0.25, 0.3) is 0 Å². The molecular weight excluding hydrogens is 335 g/mol. The first-order chi connectivity index (χ1) is 9.68. The Balaban J connectivity index is 2.83. The molecule has 21 heavy (non-hydrogen) atoms. The van der Waals surface area contributed by atoms with Gasteiger partial charge in [-0.25, -0.2) is 13.3 Å². The number of hydrogen-bond acceptors (Lipinski definition) is 4. The minimum Gasteiger partial charge on any atom is -0.403 e. The van der Waals surface area contributed by atoms with Gasteiger partial charge in [-0.1, -0.05) is 12.1 Å². The third-order valence-electron chi connectivity index (χ3n) is 2.09. The summed E-state index contributed by atoms with van der Waals surface area (Å²) in [5.74, 6) is -5.54. The quantitative estimate of drug-likeness (QED) is 0.434. The van der Waals surface area contributed by atoms with Gasteiger partial charge in [0, 0.05) is 0 Å². The zero-order chi connectivity index (χ0) is 16.1. The van der Waals surface area contributed by atoms with Gasteiger partial charge in [0.2, 0.25) is 0 Å². The molecule has 1 aromatic carbocycles. The van der Waals surface area contributed by atoms with E-state index >= 15 is 0 Å². The molecule has 0 aliphatic carbocycles. The van der Waals surface area contributed by atoms with E-state index < -0.39 is 25.9 Å². The zero-order valence-corrected chi connectivity index (χ0v) is 12.6. The number of rotatable bonds is 8. The highest BCUT2D eigenvalue weighted by molar-refractivity contribution is 7.99. The number of alkyl halides is 4. The maximum absolute atomic E-state index is 12.9. The molecule has 0 amide bonds. The van der Waals surface area contributed by atoms with Crippen molar-refractivity contribution in [1.29, 1.82) is 0 Å². The Hall–Kier alpha value is -0.760. The number of hydrogen-bond donors (Lipinski definition) is 1. The van der Waals surface area contributed by atoms with Crippen LogP contribution in [-0.4, -0.2) is 29.6 Å². The van der Waals surface area contributed by atoms with Gasteiger partial charge in [-0.15, -0.1) is 11.8 Å². The largest absolute Gasteiger partial charge is 0.527 e. The van der Waals surface area contributed by atoms with Crippen LogP contribution in [0, 0.1) is 0 Å². The van der Waals surface area contributed by atoms with Crippen molar-refractivity contribution in [1.82, 2.24) is 0 Å². The highest BCUT2D eigenvalue weighted by atomic mass is 32.2. The van der Waals surface area contributed by atoms with Crippen LogP contribution in [0.2, 0.25) is 0 Å². The minimum absolute atomic E-state index is 0.0341. The number of phosphoric acid groups is 1. The molecule has 0 bridgehead atoms. The zero-order valence-electron chi connectivity index (χ0n) is 10.8. The van der Waals surface area contributed by atoms with E-state index in [1.165, 1.54) is 31.2 Å². The minimum atomic E-state index is -4.37. The molecule has 0 aromatic heterocycles. The first-order valence-electron chi connectivity index (χ1n) is 5.72. The van der Waals surface area contributed by atoms with Crippen molar-refractivity contribution in [2.75, 3.05) is 12.4 Å². The molecule has 0 aliphatic heterocycles. The summed E-state index contributed by atoms with van der Waals surface area (Å²) in [5, 5.41) is 0. The molecule has 0 saturated heterocycles. The summed E-state index contributed by atoms with van der Waals surface area (Å²) in [6.07, 6.45) is -3.79. The fraction of sp³-hybridized carbons (Fsp3) is 0.455. The number of para-hydroxylation sites is 1. The summed E-state index contributed by atoms with van der Waals surface area (Å²) in [7, 11) is -4.37. The number of phosphoric ester groups is 1. The van der Waals surface area contributed by atoms with E-state index in [0.717, 1.165) is 0 Å². The summed E-state index contributed by atoms with van der Waals surface area (Å²) in [4.78, 5) is 9.38. The van der Waals surface area contributed by atoms with Crippen LogP contribution in [0.1, 0.15) is 6.92 Å². The van der Waals surface area contributed by atoms with E-state index in [-0.39, 0.29) is 17.3 Å². The van der Waals surface area contributed by atoms with Crippen LogP contribution in [0.15, 0.2) is 29.2 Å². The molecule has 0 radical (unpaired) electrons. The second kappa shape index (κ2) is 7.49. The van der Waals surface area contributed by atoms with Gasteiger partial charge >= 0.3 is 20.2 Å². The maximum Gasteiger partial charge on any atom is 0.527 e. The third-order valence-corrected chi connectivity index (χ3v) is 4.28. The molecule has 1 unspecified atom stereocenters. The van der Waals surface area contributed by atoms with Crippen molar-refractivity contribution in [3.8, 4) is 5.75 Å². The Morgan fingerprint density at radius 2 is 2.00 bits per heavy atom. The second-order valence-corrected chi connectivity index (χ2v) is 6.17. The van der Waals surface area contributed by atoms with E-state index in [0.29, 0.717) is 11.8 Å². The van der Waals surface area contributed by atoms with E-state index in [2.05, 4.69) is 4.52 Å². The van der Waals surface area contributed by atoms with Gasteiger partial charge in [0.15, 0.2) is 0 Å². The van der Waals surface area contributed by atoms with E-state index in [1.54, 1.807) is 0 Å². The molecule has 0 heterocycles. The average molecular weight is 348 g/mol. The van der Waals surface area contributed by atoms with Gasteiger partial charge in [-0.2, -0.15) is 8.78 Å². The fourth-order valence-electron chi connectivity index (χ4n) is 1.20. The van der Waals surface area contributed by atoms with Gasteiger partial charge in [0.05, 0.1) is 17.3 Å². The van der Waals surface area contributed by atoms with Gasteiger partial charge in [0.1, 0.15) is 5.75 Å². The molecule has 0 saturated carbocycles. The van der Waals surface area contributed by atoms with Crippen molar-refractivity contribution >= 4 is 19.6 Å². The lowest BCUT2D eigenvalue weighted by Crippen LogP contribution is -2.29. The standard InChI is InChI=1S/C11H13F4O4PS/c1-2-18-20(16,17)19-8-5-3-4-6-9(8)21-7-11(14,15)10(12)13/h3-6,10H,2,7H2,1H3,(H,16,17). The third kappa shape index (κ3) is 5.86. The Kier molecular flexibility index (Phi) is 6.52. The van der Waals surface area contributed by atoms with Crippen molar-refractivity contribution < 1.29 is 36.1 Å². The molecule has 0 aliphatic rings. The molecule has 1 rings (SSSR count). The van der Waals surface area contributed by atoms with Crippen LogP contribution in [0.4, 0.5) is 17.6 Å². The number of thioether (sulfide) groups is 1. The monoisotopic (exact) mass is 348 g/mol. The number of halogens is 4.